The Morgan fingerprint density at radius 2 is 1.83 bits per heavy atom. The van der Waals surface area contributed by atoms with Gasteiger partial charge in [-0.15, -0.1) is 0 Å². The van der Waals surface area contributed by atoms with Gasteiger partial charge in [0.15, 0.2) is 0 Å². The first-order chi connectivity index (χ1) is 14.1. The SMILES string of the molecule is CC(c1ccc(F)cc1)N1CCC(N2CCN(c3ccc(C#N)cn3)CC2)C1=O. The Bertz CT molecular complexity index is 900. The molecule has 1 aromatic heterocycles. The van der Waals surface area contributed by atoms with Crippen molar-refractivity contribution in [1.82, 2.24) is 14.8 Å². The second kappa shape index (κ2) is 8.18. The van der Waals surface area contributed by atoms with E-state index in [1.807, 2.05) is 17.9 Å². The summed E-state index contributed by atoms with van der Waals surface area (Å²) in [4.78, 5) is 23.8. The molecular weight excluding hydrogens is 369 g/mol. The Kier molecular flexibility index (Phi) is 5.45. The molecule has 6 nitrogen and oxygen atoms in total. The molecule has 2 aliphatic rings. The van der Waals surface area contributed by atoms with Crippen LogP contribution in [0, 0.1) is 17.1 Å². The molecule has 2 unspecified atom stereocenters. The maximum Gasteiger partial charge on any atom is 0.240 e. The van der Waals surface area contributed by atoms with Gasteiger partial charge < -0.3 is 9.80 Å². The van der Waals surface area contributed by atoms with Gasteiger partial charge in [-0.3, -0.25) is 9.69 Å². The van der Waals surface area contributed by atoms with Crippen LogP contribution in [-0.4, -0.2) is 59.5 Å². The number of likely N-dealkylation sites (tertiary alicyclic amines) is 1. The average molecular weight is 393 g/mol. The maximum absolute atomic E-state index is 13.2. The highest BCUT2D eigenvalue weighted by Crippen LogP contribution is 2.29. The Hall–Kier alpha value is -2.98. The van der Waals surface area contributed by atoms with Gasteiger partial charge in [0, 0.05) is 38.9 Å². The standard InChI is InChI=1S/C22H24FN5O/c1-16(18-3-5-19(23)6-4-18)28-9-8-20(22(28)29)26-10-12-27(13-11-26)21-7-2-17(14-24)15-25-21/h2-7,15-16,20H,8-13H2,1H3. The van der Waals surface area contributed by atoms with Crippen molar-refractivity contribution in [2.24, 2.45) is 0 Å². The zero-order valence-corrected chi connectivity index (χ0v) is 16.5. The molecule has 0 radical (unpaired) electrons. The summed E-state index contributed by atoms with van der Waals surface area (Å²) in [6.07, 6.45) is 2.41. The lowest BCUT2D eigenvalue weighted by Crippen LogP contribution is -2.52. The maximum atomic E-state index is 13.2. The number of halogens is 1. The minimum atomic E-state index is -0.263. The molecule has 2 aliphatic heterocycles. The Labute approximate surface area is 170 Å². The number of carbonyl (C=O) groups is 1. The van der Waals surface area contributed by atoms with Crippen LogP contribution < -0.4 is 4.90 Å². The van der Waals surface area contributed by atoms with E-state index in [4.69, 9.17) is 5.26 Å². The summed E-state index contributed by atoms with van der Waals surface area (Å²) in [6.45, 7) is 5.93. The first kappa shape index (κ1) is 19.3. The number of piperazine rings is 1. The predicted molar refractivity (Wildman–Crippen MR) is 108 cm³/mol. The summed E-state index contributed by atoms with van der Waals surface area (Å²) in [5.41, 5.74) is 1.51. The number of amides is 1. The largest absolute Gasteiger partial charge is 0.354 e. The van der Waals surface area contributed by atoms with Crippen molar-refractivity contribution in [2.45, 2.75) is 25.4 Å². The normalized spacial score (nSPS) is 21.3. The number of anilines is 1. The fourth-order valence-corrected chi connectivity index (χ4v) is 4.23. The second-order valence-corrected chi connectivity index (χ2v) is 7.60. The Morgan fingerprint density at radius 1 is 1.10 bits per heavy atom. The molecule has 2 atom stereocenters. The summed E-state index contributed by atoms with van der Waals surface area (Å²) in [6, 6.07) is 12.0. The number of aromatic nitrogens is 1. The lowest BCUT2D eigenvalue weighted by molar-refractivity contribution is -0.134. The summed E-state index contributed by atoms with van der Waals surface area (Å²) in [7, 11) is 0. The minimum Gasteiger partial charge on any atom is -0.354 e. The van der Waals surface area contributed by atoms with Gasteiger partial charge in [0.05, 0.1) is 17.6 Å². The highest BCUT2D eigenvalue weighted by molar-refractivity contribution is 5.84. The number of benzene rings is 1. The van der Waals surface area contributed by atoms with Crippen molar-refractivity contribution in [1.29, 1.82) is 5.26 Å². The summed E-state index contributed by atoms with van der Waals surface area (Å²) < 4.78 is 13.2. The molecule has 29 heavy (non-hydrogen) atoms. The number of nitriles is 1. The Morgan fingerprint density at radius 3 is 2.45 bits per heavy atom. The van der Waals surface area contributed by atoms with Gasteiger partial charge in [0.2, 0.25) is 5.91 Å². The van der Waals surface area contributed by atoms with Crippen LogP contribution in [0.5, 0.6) is 0 Å². The first-order valence-corrected chi connectivity index (χ1v) is 9.98. The molecule has 150 valence electrons. The van der Waals surface area contributed by atoms with Crippen molar-refractivity contribution in [3.63, 3.8) is 0 Å². The summed E-state index contributed by atoms with van der Waals surface area (Å²) in [5, 5.41) is 8.90. The van der Waals surface area contributed by atoms with E-state index in [-0.39, 0.29) is 23.8 Å². The molecule has 2 aromatic rings. The third-order valence-corrected chi connectivity index (χ3v) is 5.99. The molecule has 0 N–H and O–H groups in total. The van der Waals surface area contributed by atoms with Gasteiger partial charge in [-0.25, -0.2) is 9.37 Å². The lowest BCUT2D eigenvalue weighted by atomic mass is 10.1. The number of carbonyl (C=O) groups excluding carboxylic acids is 1. The molecule has 0 saturated carbocycles. The molecule has 0 spiro atoms. The molecule has 1 aromatic carbocycles. The van der Waals surface area contributed by atoms with Crippen molar-refractivity contribution >= 4 is 11.7 Å². The number of pyridine rings is 1. The molecule has 4 rings (SSSR count). The van der Waals surface area contributed by atoms with Crippen LogP contribution in [0.1, 0.15) is 30.5 Å². The third kappa shape index (κ3) is 3.94. The minimum absolute atomic E-state index is 0.0581. The fraction of sp³-hybridized carbons (Fsp3) is 0.409. The van der Waals surface area contributed by atoms with E-state index >= 15 is 0 Å². The summed E-state index contributed by atoms with van der Waals surface area (Å²) >= 11 is 0. The van der Waals surface area contributed by atoms with E-state index in [2.05, 4.69) is 20.9 Å². The predicted octanol–water partition coefficient (Wildman–Crippen LogP) is 2.58. The van der Waals surface area contributed by atoms with E-state index in [1.54, 1.807) is 24.4 Å². The van der Waals surface area contributed by atoms with E-state index in [0.717, 1.165) is 50.5 Å². The number of rotatable bonds is 4. The van der Waals surface area contributed by atoms with Crippen LogP contribution in [0.2, 0.25) is 0 Å². The number of hydrogen-bond donors (Lipinski definition) is 0. The topological polar surface area (TPSA) is 63.5 Å². The second-order valence-electron chi connectivity index (χ2n) is 7.60. The third-order valence-electron chi connectivity index (χ3n) is 5.99. The van der Waals surface area contributed by atoms with Crippen molar-refractivity contribution in [3.8, 4) is 6.07 Å². The zero-order chi connectivity index (χ0) is 20.4. The van der Waals surface area contributed by atoms with Crippen LogP contribution in [0.15, 0.2) is 42.6 Å². The summed E-state index contributed by atoms with van der Waals surface area (Å²) in [5.74, 6) is 0.765. The molecule has 7 heteroatoms. The van der Waals surface area contributed by atoms with Crippen LogP contribution in [-0.2, 0) is 4.79 Å². The lowest BCUT2D eigenvalue weighted by Gasteiger charge is -2.38. The fourth-order valence-electron chi connectivity index (χ4n) is 4.23. The molecule has 1 amide bonds. The molecule has 2 fully saturated rings. The van der Waals surface area contributed by atoms with Gasteiger partial charge in [-0.1, -0.05) is 12.1 Å². The molecular formula is C22H24FN5O. The first-order valence-electron chi connectivity index (χ1n) is 9.98. The van der Waals surface area contributed by atoms with Gasteiger partial charge in [-0.05, 0) is 43.2 Å². The van der Waals surface area contributed by atoms with Gasteiger partial charge in [-0.2, -0.15) is 5.26 Å². The van der Waals surface area contributed by atoms with Crippen LogP contribution >= 0.6 is 0 Å². The Balaban J connectivity index is 1.36. The smallest absolute Gasteiger partial charge is 0.240 e. The van der Waals surface area contributed by atoms with E-state index < -0.39 is 0 Å². The van der Waals surface area contributed by atoms with Crippen molar-refractivity contribution < 1.29 is 9.18 Å². The van der Waals surface area contributed by atoms with Crippen molar-refractivity contribution in [2.75, 3.05) is 37.6 Å². The van der Waals surface area contributed by atoms with Crippen molar-refractivity contribution in [3.05, 3.63) is 59.5 Å². The molecule has 0 bridgehead atoms. The molecule has 2 saturated heterocycles. The quantitative estimate of drug-likeness (QED) is 0.799. The van der Waals surface area contributed by atoms with Crippen LogP contribution in [0.3, 0.4) is 0 Å². The highest BCUT2D eigenvalue weighted by Gasteiger charge is 2.39. The van der Waals surface area contributed by atoms with Gasteiger partial charge >= 0.3 is 0 Å². The van der Waals surface area contributed by atoms with Crippen LogP contribution in [0.25, 0.3) is 0 Å². The van der Waals surface area contributed by atoms with E-state index in [1.165, 1.54) is 12.1 Å². The number of hydrogen-bond acceptors (Lipinski definition) is 5. The number of nitrogens with zero attached hydrogens (tertiary/aromatic N) is 5. The highest BCUT2D eigenvalue weighted by atomic mass is 19.1. The molecule has 0 aliphatic carbocycles. The van der Waals surface area contributed by atoms with Crippen LogP contribution in [0.4, 0.5) is 10.2 Å². The monoisotopic (exact) mass is 393 g/mol. The van der Waals surface area contributed by atoms with E-state index in [0.29, 0.717) is 5.56 Å². The zero-order valence-electron chi connectivity index (χ0n) is 16.5. The van der Waals surface area contributed by atoms with Gasteiger partial charge in [0.25, 0.3) is 0 Å². The van der Waals surface area contributed by atoms with Gasteiger partial charge in [0.1, 0.15) is 17.7 Å². The van der Waals surface area contributed by atoms with E-state index in [9.17, 15) is 9.18 Å². The molecule has 3 heterocycles. The average Bonchev–Trinajstić information content (AvgIpc) is 3.15.